The molecule has 0 atom stereocenters. The van der Waals surface area contributed by atoms with Crippen LogP contribution in [0.15, 0.2) is 18.2 Å². The highest BCUT2D eigenvalue weighted by Gasteiger charge is 2.13. The Balaban J connectivity index is 1.61. The molecule has 6 heteroatoms. The van der Waals surface area contributed by atoms with E-state index < -0.39 is 0 Å². The average molecular weight is 430 g/mol. The number of carbonyl (C=O) groups is 2. The first-order valence-corrected chi connectivity index (χ1v) is 11.6. The molecule has 2 aromatic rings. The predicted octanol–water partition coefficient (Wildman–Crippen LogP) is 4.74. The first-order valence-electron chi connectivity index (χ1n) is 11.6. The highest BCUT2D eigenvalue weighted by molar-refractivity contribution is 5.91. The number of hydrogen-bond acceptors (Lipinski definition) is 3. The van der Waals surface area contributed by atoms with Gasteiger partial charge in [-0.05, 0) is 49.9 Å². The number of fused-ring (bicyclic) bond motifs is 1. The molecule has 2 rings (SSSR count). The van der Waals surface area contributed by atoms with Crippen LogP contribution in [0, 0.1) is 6.92 Å². The molecule has 172 valence electrons. The summed E-state index contributed by atoms with van der Waals surface area (Å²) in [6, 6.07) is 5.88. The number of amides is 2. The van der Waals surface area contributed by atoms with E-state index in [4.69, 9.17) is 4.74 Å². The van der Waals surface area contributed by atoms with E-state index in [0.29, 0.717) is 19.4 Å². The largest absolute Gasteiger partial charge is 0.497 e. The van der Waals surface area contributed by atoms with Crippen LogP contribution in [0.3, 0.4) is 0 Å². The maximum absolute atomic E-state index is 12.4. The van der Waals surface area contributed by atoms with Crippen LogP contribution in [0.1, 0.15) is 69.5 Å². The van der Waals surface area contributed by atoms with Crippen LogP contribution >= 0.6 is 0 Å². The molecule has 0 radical (unpaired) electrons. The smallest absolute Gasteiger partial charge is 0.224 e. The Kier molecular flexibility index (Phi) is 10.4. The van der Waals surface area contributed by atoms with Gasteiger partial charge in [0.2, 0.25) is 11.8 Å². The Morgan fingerprint density at radius 3 is 2.58 bits per heavy atom. The Morgan fingerprint density at radius 2 is 1.84 bits per heavy atom. The number of ether oxygens (including phenoxy) is 1. The van der Waals surface area contributed by atoms with Crippen LogP contribution in [0.4, 0.5) is 0 Å². The van der Waals surface area contributed by atoms with Gasteiger partial charge >= 0.3 is 0 Å². The highest BCUT2D eigenvalue weighted by Crippen LogP contribution is 2.26. The van der Waals surface area contributed by atoms with Crippen molar-refractivity contribution in [1.29, 1.82) is 0 Å². The quantitative estimate of drug-likeness (QED) is 0.426. The summed E-state index contributed by atoms with van der Waals surface area (Å²) >= 11 is 0. The number of unbranched alkanes of at least 4 members (excludes halogenated alkanes) is 5. The van der Waals surface area contributed by atoms with E-state index in [-0.39, 0.29) is 11.8 Å². The average Bonchev–Trinajstić information content (AvgIpc) is 3.07. The van der Waals surface area contributed by atoms with Gasteiger partial charge in [0, 0.05) is 43.2 Å². The van der Waals surface area contributed by atoms with Gasteiger partial charge in [-0.1, -0.05) is 32.6 Å². The van der Waals surface area contributed by atoms with Gasteiger partial charge in [0.25, 0.3) is 0 Å². The maximum Gasteiger partial charge on any atom is 0.224 e. The number of methoxy groups -OCH3 is 1. The number of aryl methyl sites for hydroxylation is 1. The van der Waals surface area contributed by atoms with Crippen molar-refractivity contribution in [3.05, 3.63) is 29.5 Å². The number of benzene rings is 1. The second kappa shape index (κ2) is 13.0. The molecular weight excluding hydrogens is 390 g/mol. The number of hydrogen-bond donors (Lipinski definition) is 2. The van der Waals surface area contributed by atoms with Gasteiger partial charge in [0.1, 0.15) is 5.75 Å². The summed E-state index contributed by atoms with van der Waals surface area (Å²) in [5.41, 5.74) is 3.07. The number of H-pyrrole nitrogens is 1. The number of rotatable bonds is 14. The van der Waals surface area contributed by atoms with Crippen molar-refractivity contribution in [2.24, 2.45) is 0 Å². The van der Waals surface area contributed by atoms with Crippen LogP contribution < -0.4 is 10.1 Å². The molecule has 1 heterocycles. The van der Waals surface area contributed by atoms with Crippen LogP contribution in [-0.2, 0) is 16.0 Å². The summed E-state index contributed by atoms with van der Waals surface area (Å²) in [6.07, 6.45) is 8.36. The Hall–Kier alpha value is -2.50. The molecule has 0 aliphatic carbocycles. The number of aromatic amines is 1. The van der Waals surface area contributed by atoms with Crippen molar-refractivity contribution in [3.8, 4) is 5.75 Å². The van der Waals surface area contributed by atoms with E-state index in [9.17, 15) is 9.59 Å². The molecule has 6 nitrogen and oxygen atoms in total. The van der Waals surface area contributed by atoms with Gasteiger partial charge in [-0.2, -0.15) is 0 Å². The van der Waals surface area contributed by atoms with Gasteiger partial charge < -0.3 is 19.9 Å². The Morgan fingerprint density at radius 1 is 1.10 bits per heavy atom. The Bertz CT molecular complexity index is 844. The fraction of sp³-hybridized carbons (Fsp3) is 0.600. The number of nitrogens with zero attached hydrogens (tertiary/aromatic N) is 1. The third-order valence-electron chi connectivity index (χ3n) is 5.83. The lowest BCUT2D eigenvalue weighted by molar-refractivity contribution is -0.130. The summed E-state index contributed by atoms with van der Waals surface area (Å²) in [6.45, 7) is 5.70. The molecule has 0 aliphatic heterocycles. The lowest BCUT2D eigenvalue weighted by Gasteiger charge is -2.16. The second-order valence-electron chi connectivity index (χ2n) is 8.35. The molecule has 2 N–H and O–H groups in total. The summed E-state index contributed by atoms with van der Waals surface area (Å²) in [5.74, 6) is 1.10. The van der Waals surface area contributed by atoms with Crippen molar-refractivity contribution >= 4 is 22.7 Å². The van der Waals surface area contributed by atoms with E-state index in [0.717, 1.165) is 79.4 Å². The molecule has 0 saturated heterocycles. The molecular formula is C25H39N3O3. The SMILES string of the molecule is CCCCN(C)C(=O)CCCCCCCNC(=O)Cc1c(C)[nH]c2ccc(OC)cc12. The zero-order valence-corrected chi connectivity index (χ0v) is 19.7. The zero-order chi connectivity index (χ0) is 22.6. The molecule has 0 spiro atoms. The van der Waals surface area contributed by atoms with Crippen LogP contribution in [-0.4, -0.2) is 48.9 Å². The van der Waals surface area contributed by atoms with Gasteiger partial charge in [0.15, 0.2) is 0 Å². The highest BCUT2D eigenvalue weighted by atomic mass is 16.5. The van der Waals surface area contributed by atoms with Gasteiger partial charge in [-0.25, -0.2) is 0 Å². The minimum Gasteiger partial charge on any atom is -0.497 e. The van der Waals surface area contributed by atoms with E-state index in [1.807, 2.05) is 37.1 Å². The van der Waals surface area contributed by atoms with Crippen molar-refractivity contribution in [2.75, 3.05) is 27.2 Å². The first-order chi connectivity index (χ1) is 15.0. The van der Waals surface area contributed by atoms with Gasteiger partial charge in [0.05, 0.1) is 13.5 Å². The third-order valence-corrected chi connectivity index (χ3v) is 5.83. The summed E-state index contributed by atoms with van der Waals surface area (Å²) in [5, 5.41) is 4.08. The van der Waals surface area contributed by atoms with Crippen molar-refractivity contribution in [3.63, 3.8) is 0 Å². The van der Waals surface area contributed by atoms with Crippen molar-refractivity contribution in [1.82, 2.24) is 15.2 Å². The van der Waals surface area contributed by atoms with E-state index in [1.165, 1.54) is 0 Å². The minimum absolute atomic E-state index is 0.0486. The minimum atomic E-state index is 0.0486. The lowest BCUT2D eigenvalue weighted by atomic mass is 10.1. The van der Waals surface area contributed by atoms with Gasteiger partial charge in [-0.3, -0.25) is 9.59 Å². The molecule has 31 heavy (non-hydrogen) atoms. The molecule has 0 bridgehead atoms. The monoisotopic (exact) mass is 429 g/mol. The van der Waals surface area contributed by atoms with Crippen LogP contribution in [0.2, 0.25) is 0 Å². The normalized spacial score (nSPS) is 11.0. The second-order valence-corrected chi connectivity index (χ2v) is 8.35. The number of carbonyl (C=O) groups excluding carboxylic acids is 2. The lowest BCUT2D eigenvalue weighted by Crippen LogP contribution is -2.27. The third kappa shape index (κ3) is 7.93. The maximum atomic E-state index is 12.4. The standard InChI is InChI=1S/C25H39N3O3/c1-5-6-16-28(3)25(30)12-10-8-7-9-11-15-26-24(29)18-21-19(2)27-23-14-13-20(31-4)17-22(21)23/h13-14,17,27H,5-12,15-16,18H2,1-4H3,(H,26,29). The molecule has 2 amide bonds. The number of nitrogens with one attached hydrogen (secondary N) is 2. The van der Waals surface area contributed by atoms with Gasteiger partial charge in [-0.15, -0.1) is 0 Å². The van der Waals surface area contributed by atoms with E-state index in [1.54, 1.807) is 7.11 Å². The van der Waals surface area contributed by atoms with E-state index in [2.05, 4.69) is 17.2 Å². The molecule has 0 aliphatic rings. The fourth-order valence-corrected chi connectivity index (χ4v) is 3.81. The van der Waals surface area contributed by atoms with E-state index >= 15 is 0 Å². The topological polar surface area (TPSA) is 74.4 Å². The van der Waals surface area contributed by atoms with Crippen molar-refractivity contribution < 1.29 is 14.3 Å². The van der Waals surface area contributed by atoms with Crippen LogP contribution in [0.5, 0.6) is 5.75 Å². The molecule has 0 saturated carbocycles. The predicted molar refractivity (Wildman–Crippen MR) is 127 cm³/mol. The zero-order valence-electron chi connectivity index (χ0n) is 19.7. The van der Waals surface area contributed by atoms with Crippen molar-refractivity contribution in [2.45, 2.75) is 71.6 Å². The van der Waals surface area contributed by atoms with Crippen LogP contribution in [0.25, 0.3) is 10.9 Å². The number of aromatic nitrogens is 1. The fourth-order valence-electron chi connectivity index (χ4n) is 3.81. The summed E-state index contributed by atoms with van der Waals surface area (Å²) in [7, 11) is 3.55. The summed E-state index contributed by atoms with van der Waals surface area (Å²) in [4.78, 5) is 29.6. The Labute approximate surface area is 186 Å². The molecule has 1 aromatic carbocycles. The molecule has 0 fully saturated rings. The molecule has 1 aromatic heterocycles. The summed E-state index contributed by atoms with van der Waals surface area (Å²) < 4.78 is 5.32. The molecule has 0 unspecified atom stereocenters. The first kappa shape index (κ1) is 24.8.